The number of rotatable bonds is 5. The summed E-state index contributed by atoms with van der Waals surface area (Å²) in [5, 5.41) is 6.52. The zero-order valence-corrected chi connectivity index (χ0v) is 15.4. The first-order valence-corrected chi connectivity index (χ1v) is 9.04. The normalized spacial score (nSPS) is 12.7. The van der Waals surface area contributed by atoms with Crippen LogP contribution in [0, 0.1) is 0 Å². The summed E-state index contributed by atoms with van der Waals surface area (Å²) >= 11 is 0. The molecule has 1 aliphatic rings. The van der Waals surface area contributed by atoms with Gasteiger partial charge >= 0.3 is 0 Å². The second-order valence-electron chi connectivity index (χ2n) is 6.65. The number of anilines is 4. The van der Waals surface area contributed by atoms with Crippen LogP contribution in [-0.4, -0.2) is 23.2 Å². The standard InChI is InChI=1S/C21H22N4O2/c1-14(2)15-3-5-16(6-4-15)23-20-9-10-22-21(25-20)24-17-7-8-18-19(13-17)27-12-11-26-18/h3-10,13-14H,11-12H2,1-2H3,(H2,22,23,24,25). The zero-order chi connectivity index (χ0) is 18.6. The van der Waals surface area contributed by atoms with E-state index >= 15 is 0 Å². The average Bonchev–Trinajstić information content (AvgIpc) is 2.69. The molecular weight excluding hydrogens is 340 g/mol. The van der Waals surface area contributed by atoms with E-state index in [4.69, 9.17) is 9.47 Å². The van der Waals surface area contributed by atoms with Gasteiger partial charge in [-0.05, 0) is 41.8 Å². The molecule has 2 aromatic carbocycles. The van der Waals surface area contributed by atoms with Crippen LogP contribution in [0.25, 0.3) is 0 Å². The van der Waals surface area contributed by atoms with Gasteiger partial charge in [0.2, 0.25) is 5.95 Å². The Labute approximate surface area is 158 Å². The van der Waals surface area contributed by atoms with Crippen LogP contribution in [0.2, 0.25) is 0 Å². The van der Waals surface area contributed by atoms with Crippen molar-refractivity contribution in [2.45, 2.75) is 19.8 Å². The lowest BCUT2D eigenvalue weighted by Gasteiger charge is -2.19. The molecule has 4 rings (SSSR count). The quantitative estimate of drug-likeness (QED) is 0.676. The lowest BCUT2D eigenvalue weighted by atomic mass is 10.0. The van der Waals surface area contributed by atoms with Crippen molar-refractivity contribution in [1.29, 1.82) is 0 Å². The number of benzene rings is 2. The van der Waals surface area contributed by atoms with Crippen LogP contribution in [0.1, 0.15) is 25.3 Å². The van der Waals surface area contributed by atoms with Gasteiger partial charge < -0.3 is 20.1 Å². The molecule has 0 saturated heterocycles. The smallest absolute Gasteiger partial charge is 0.229 e. The van der Waals surface area contributed by atoms with E-state index in [2.05, 4.69) is 58.7 Å². The molecule has 27 heavy (non-hydrogen) atoms. The summed E-state index contributed by atoms with van der Waals surface area (Å²) in [6.07, 6.45) is 1.72. The molecule has 0 amide bonds. The lowest BCUT2D eigenvalue weighted by Crippen LogP contribution is -2.15. The molecule has 2 N–H and O–H groups in total. The summed E-state index contributed by atoms with van der Waals surface area (Å²) in [6, 6.07) is 15.9. The molecule has 0 bridgehead atoms. The predicted octanol–water partition coefficient (Wildman–Crippen LogP) is 4.86. The molecule has 0 aliphatic carbocycles. The fraction of sp³-hybridized carbons (Fsp3) is 0.238. The van der Waals surface area contributed by atoms with Gasteiger partial charge in [-0.1, -0.05) is 26.0 Å². The Morgan fingerprint density at radius 2 is 1.59 bits per heavy atom. The van der Waals surface area contributed by atoms with Gasteiger partial charge in [0.05, 0.1) is 0 Å². The Hall–Kier alpha value is -3.28. The monoisotopic (exact) mass is 362 g/mol. The van der Waals surface area contributed by atoms with Gasteiger partial charge in [-0.15, -0.1) is 0 Å². The Morgan fingerprint density at radius 1 is 0.852 bits per heavy atom. The van der Waals surface area contributed by atoms with Gasteiger partial charge in [0, 0.05) is 23.6 Å². The van der Waals surface area contributed by atoms with Gasteiger partial charge in [-0.25, -0.2) is 4.98 Å². The predicted molar refractivity (Wildman–Crippen MR) is 107 cm³/mol. The molecular formula is C21H22N4O2. The molecule has 6 heteroatoms. The number of nitrogens with one attached hydrogen (secondary N) is 2. The van der Waals surface area contributed by atoms with E-state index in [1.54, 1.807) is 6.20 Å². The number of nitrogens with zero attached hydrogens (tertiary/aromatic N) is 2. The van der Waals surface area contributed by atoms with Gasteiger partial charge in [-0.3, -0.25) is 0 Å². The van der Waals surface area contributed by atoms with Gasteiger partial charge in [-0.2, -0.15) is 4.98 Å². The summed E-state index contributed by atoms with van der Waals surface area (Å²) < 4.78 is 11.2. The van der Waals surface area contributed by atoms with Crippen molar-refractivity contribution in [3.8, 4) is 11.5 Å². The third kappa shape index (κ3) is 4.11. The summed E-state index contributed by atoms with van der Waals surface area (Å²) in [5.74, 6) is 3.23. The molecule has 0 spiro atoms. The van der Waals surface area contributed by atoms with Crippen molar-refractivity contribution < 1.29 is 9.47 Å². The highest BCUT2D eigenvalue weighted by atomic mass is 16.6. The lowest BCUT2D eigenvalue weighted by molar-refractivity contribution is 0.171. The molecule has 2 heterocycles. The van der Waals surface area contributed by atoms with Gasteiger partial charge in [0.1, 0.15) is 19.0 Å². The maximum Gasteiger partial charge on any atom is 0.229 e. The number of hydrogen-bond acceptors (Lipinski definition) is 6. The molecule has 6 nitrogen and oxygen atoms in total. The van der Waals surface area contributed by atoms with Crippen molar-refractivity contribution in [3.05, 3.63) is 60.3 Å². The van der Waals surface area contributed by atoms with Gasteiger partial charge in [0.25, 0.3) is 0 Å². The largest absolute Gasteiger partial charge is 0.486 e. The van der Waals surface area contributed by atoms with Gasteiger partial charge in [0.15, 0.2) is 11.5 Å². The number of aromatic nitrogens is 2. The summed E-state index contributed by atoms with van der Waals surface area (Å²) in [7, 11) is 0. The van der Waals surface area contributed by atoms with E-state index in [-0.39, 0.29) is 0 Å². The first kappa shape index (κ1) is 17.1. The third-order valence-corrected chi connectivity index (χ3v) is 4.30. The molecule has 0 atom stereocenters. The second-order valence-corrected chi connectivity index (χ2v) is 6.65. The summed E-state index contributed by atoms with van der Waals surface area (Å²) in [6.45, 7) is 5.50. The molecule has 0 fully saturated rings. The van der Waals surface area contributed by atoms with E-state index in [0.717, 1.165) is 28.7 Å². The zero-order valence-electron chi connectivity index (χ0n) is 15.4. The number of ether oxygens (including phenoxy) is 2. The number of hydrogen-bond donors (Lipinski definition) is 2. The van der Waals surface area contributed by atoms with Crippen LogP contribution in [0.4, 0.5) is 23.1 Å². The second kappa shape index (κ2) is 7.53. The summed E-state index contributed by atoms with van der Waals surface area (Å²) in [4.78, 5) is 8.82. The van der Waals surface area contributed by atoms with Crippen LogP contribution in [-0.2, 0) is 0 Å². The Kier molecular flexibility index (Phi) is 4.78. The van der Waals surface area contributed by atoms with Crippen molar-refractivity contribution >= 4 is 23.1 Å². The average molecular weight is 362 g/mol. The first-order valence-electron chi connectivity index (χ1n) is 9.04. The Balaban J connectivity index is 1.47. The van der Waals surface area contributed by atoms with E-state index < -0.39 is 0 Å². The van der Waals surface area contributed by atoms with Crippen LogP contribution < -0.4 is 20.1 Å². The minimum Gasteiger partial charge on any atom is -0.486 e. The third-order valence-electron chi connectivity index (χ3n) is 4.30. The van der Waals surface area contributed by atoms with E-state index in [9.17, 15) is 0 Å². The van der Waals surface area contributed by atoms with E-state index in [1.807, 2.05) is 24.3 Å². The Bertz CT molecular complexity index is 926. The van der Waals surface area contributed by atoms with Crippen LogP contribution >= 0.6 is 0 Å². The number of fused-ring (bicyclic) bond motifs is 1. The minimum atomic E-state index is 0.510. The summed E-state index contributed by atoms with van der Waals surface area (Å²) in [5.41, 5.74) is 3.14. The van der Waals surface area contributed by atoms with Crippen LogP contribution in [0.3, 0.4) is 0 Å². The van der Waals surface area contributed by atoms with Crippen LogP contribution in [0.15, 0.2) is 54.7 Å². The van der Waals surface area contributed by atoms with Crippen molar-refractivity contribution in [1.82, 2.24) is 9.97 Å². The van der Waals surface area contributed by atoms with Crippen molar-refractivity contribution in [2.24, 2.45) is 0 Å². The van der Waals surface area contributed by atoms with E-state index in [1.165, 1.54) is 5.56 Å². The van der Waals surface area contributed by atoms with Crippen molar-refractivity contribution in [2.75, 3.05) is 23.8 Å². The highest BCUT2D eigenvalue weighted by molar-refractivity contribution is 5.62. The fourth-order valence-corrected chi connectivity index (χ4v) is 2.84. The molecule has 1 aromatic heterocycles. The molecule has 1 aliphatic heterocycles. The highest BCUT2D eigenvalue weighted by Crippen LogP contribution is 2.33. The molecule has 0 radical (unpaired) electrons. The highest BCUT2D eigenvalue weighted by Gasteiger charge is 2.12. The molecule has 0 saturated carbocycles. The maximum atomic E-state index is 5.61. The molecule has 138 valence electrons. The fourth-order valence-electron chi connectivity index (χ4n) is 2.84. The SMILES string of the molecule is CC(C)c1ccc(Nc2ccnc(Nc3ccc4c(c3)OCCO4)n2)cc1. The minimum absolute atomic E-state index is 0.510. The first-order chi connectivity index (χ1) is 13.2. The van der Waals surface area contributed by atoms with E-state index in [0.29, 0.717) is 25.1 Å². The van der Waals surface area contributed by atoms with Crippen molar-refractivity contribution in [3.63, 3.8) is 0 Å². The maximum absolute atomic E-state index is 5.61. The Morgan fingerprint density at radius 3 is 2.37 bits per heavy atom. The molecule has 0 unspecified atom stereocenters. The topological polar surface area (TPSA) is 68.3 Å². The molecule has 3 aromatic rings. The van der Waals surface area contributed by atoms with Crippen LogP contribution in [0.5, 0.6) is 11.5 Å².